The van der Waals surface area contributed by atoms with Gasteiger partial charge in [-0.15, -0.1) is 0 Å². The minimum atomic E-state index is -3.38. The highest BCUT2D eigenvalue weighted by molar-refractivity contribution is 6.30. The van der Waals surface area contributed by atoms with Crippen LogP contribution in [0, 0.1) is 0 Å². The molecule has 1 N–H and O–H groups in total. The fraction of sp³-hybridized carbons (Fsp3) is 0.357. The average molecular weight is 343 g/mol. The first-order valence-electron chi connectivity index (χ1n) is 6.76. The molecule has 122 valence electrons. The van der Waals surface area contributed by atoms with Gasteiger partial charge in [-0.1, -0.05) is 23.7 Å². The van der Waals surface area contributed by atoms with Crippen LogP contribution in [0.5, 0.6) is 0 Å². The number of nitrogens with zero attached hydrogens (tertiary/aromatic N) is 3. The highest BCUT2D eigenvalue weighted by Gasteiger charge is 2.62. The van der Waals surface area contributed by atoms with Crippen molar-refractivity contribution in [1.82, 2.24) is 20.1 Å². The molecule has 0 saturated carbocycles. The second kappa shape index (κ2) is 5.86. The third-order valence-corrected chi connectivity index (χ3v) is 4.09. The molecule has 2 heterocycles. The van der Waals surface area contributed by atoms with Crippen LogP contribution in [0.25, 0.3) is 0 Å². The Balaban J connectivity index is 2.06. The highest BCUT2D eigenvalue weighted by Crippen LogP contribution is 2.48. The number of methoxy groups -OCH3 is 1. The summed E-state index contributed by atoms with van der Waals surface area (Å²) in [5.74, 6) is -5.74. The smallest absolute Gasteiger partial charge is 0.329 e. The SMILES string of the molecule is COC(=O)[C@H]1N[C@@H](n2cncn2)[C@H](c2ccc(Cl)cc2)C1(F)F. The predicted molar refractivity (Wildman–Crippen MR) is 77.1 cm³/mol. The molecular formula is C14H13ClF2N4O2. The first-order valence-corrected chi connectivity index (χ1v) is 7.14. The average Bonchev–Trinajstić information content (AvgIpc) is 3.13. The summed E-state index contributed by atoms with van der Waals surface area (Å²) in [6.07, 6.45) is 1.61. The molecule has 0 radical (unpaired) electrons. The summed E-state index contributed by atoms with van der Waals surface area (Å²) in [6.45, 7) is 0. The lowest BCUT2D eigenvalue weighted by atomic mass is 9.90. The Kier molecular flexibility index (Phi) is 4.03. The number of benzene rings is 1. The standard InChI is InChI=1S/C14H13ClF2N4O2/c1-23-13(22)11-14(16,17)10(8-2-4-9(15)5-3-8)12(20-11)21-7-18-6-19-21/h2-7,10-12,20H,1H3/t10-,11+,12-/m0/s1. The number of ether oxygens (including phenoxy) is 1. The number of esters is 1. The minimum absolute atomic E-state index is 0.332. The van der Waals surface area contributed by atoms with Crippen LogP contribution >= 0.6 is 11.6 Å². The highest BCUT2D eigenvalue weighted by atomic mass is 35.5. The van der Waals surface area contributed by atoms with E-state index in [1.165, 1.54) is 41.6 Å². The van der Waals surface area contributed by atoms with Crippen LogP contribution in [0.1, 0.15) is 17.6 Å². The number of carbonyl (C=O) groups is 1. The van der Waals surface area contributed by atoms with Gasteiger partial charge in [-0.25, -0.2) is 18.4 Å². The number of nitrogens with one attached hydrogen (secondary N) is 1. The zero-order valence-electron chi connectivity index (χ0n) is 12.0. The lowest BCUT2D eigenvalue weighted by Gasteiger charge is -2.24. The van der Waals surface area contributed by atoms with E-state index >= 15 is 0 Å². The molecule has 0 amide bonds. The maximum absolute atomic E-state index is 14.9. The minimum Gasteiger partial charge on any atom is -0.468 e. The Morgan fingerprint density at radius 1 is 1.39 bits per heavy atom. The third kappa shape index (κ3) is 2.68. The molecule has 1 fully saturated rings. The van der Waals surface area contributed by atoms with Crippen molar-refractivity contribution in [3.63, 3.8) is 0 Å². The number of rotatable bonds is 3. The molecule has 1 aromatic carbocycles. The van der Waals surface area contributed by atoms with Crippen molar-refractivity contribution < 1.29 is 18.3 Å². The van der Waals surface area contributed by atoms with E-state index in [9.17, 15) is 13.6 Å². The van der Waals surface area contributed by atoms with Gasteiger partial charge in [-0.05, 0) is 17.7 Å². The van der Waals surface area contributed by atoms with Gasteiger partial charge in [0.25, 0.3) is 5.92 Å². The summed E-state index contributed by atoms with van der Waals surface area (Å²) in [5, 5.41) is 6.94. The van der Waals surface area contributed by atoms with Crippen LogP contribution in [-0.2, 0) is 9.53 Å². The summed E-state index contributed by atoms with van der Waals surface area (Å²) in [7, 11) is 1.07. The van der Waals surface area contributed by atoms with Gasteiger partial charge in [0.1, 0.15) is 18.8 Å². The number of carbonyl (C=O) groups excluding carboxylic acids is 1. The van der Waals surface area contributed by atoms with Crippen molar-refractivity contribution >= 4 is 17.6 Å². The summed E-state index contributed by atoms with van der Waals surface area (Å²) >= 11 is 5.82. The fourth-order valence-electron chi connectivity index (χ4n) is 2.78. The van der Waals surface area contributed by atoms with Gasteiger partial charge < -0.3 is 4.74 Å². The zero-order chi connectivity index (χ0) is 16.6. The van der Waals surface area contributed by atoms with Gasteiger partial charge in [0.15, 0.2) is 6.04 Å². The number of hydrogen-bond acceptors (Lipinski definition) is 5. The molecule has 1 aromatic heterocycles. The zero-order valence-corrected chi connectivity index (χ0v) is 12.7. The third-order valence-electron chi connectivity index (χ3n) is 3.84. The first kappa shape index (κ1) is 15.8. The van der Waals surface area contributed by atoms with E-state index in [-0.39, 0.29) is 0 Å². The molecule has 6 nitrogen and oxygen atoms in total. The number of aromatic nitrogens is 3. The molecule has 0 bridgehead atoms. The molecule has 1 aliphatic rings. The second-order valence-electron chi connectivity index (χ2n) is 5.15. The number of alkyl halides is 2. The van der Waals surface area contributed by atoms with Gasteiger partial charge in [0.2, 0.25) is 0 Å². The monoisotopic (exact) mass is 342 g/mol. The van der Waals surface area contributed by atoms with Crippen LogP contribution in [0.3, 0.4) is 0 Å². The summed E-state index contributed by atoms with van der Waals surface area (Å²) in [6, 6.07) is 4.29. The van der Waals surface area contributed by atoms with Gasteiger partial charge in [-0.3, -0.25) is 10.1 Å². The Hall–Kier alpha value is -2.06. The Bertz CT molecular complexity index is 693. The van der Waals surface area contributed by atoms with Crippen molar-refractivity contribution in [2.45, 2.75) is 24.0 Å². The van der Waals surface area contributed by atoms with Gasteiger partial charge >= 0.3 is 5.97 Å². The number of hydrogen-bond donors (Lipinski definition) is 1. The molecule has 1 saturated heterocycles. The van der Waals surface area contributed by atoms with E-state index in [1.54, 1.807) is 0 Å². The first-order chi connectivity index (χ1) is 10.9. The van der Waals surface area contributed by atoms with E-state index in [2.05, 4.69) is 20.1 Å². The molecular weight excluding hydrogens is 330 g/mol. The molecule has 0 aliphatic carbocycles. The Morgan fingerprint density at radius 3 is 2.65 bits per heavy atom. The topological polar surface area (TPSA) is 69.0 Å². The molecule has 0 spiro atoms. The van der Waals surface area contributed by atoms with Gasteiger partial charge in [0, 0.05) is 5.02 Å². The Labute approximate surface area is 135 Å². The van der Waals surface area contributed by atoms with E-state index in [1.807, 2.05) is 0 Å². The summed E-state index contributed by atoms with van der Waals surface area (Å²) in [5.41, 5.74) is 0.332. The maximum atomic E-state index is 14.9. The van der Waals surface area contributed by atoms with Crippen LogP contribution in [-0.4, -0.2) is 39.8 Å². The van der Waals surface area contributed by atoms with Crippen molar-refractivity contribution in [3.8, 4) is 0 Å². The van der Waals surface area contributed by atoms with Crippen LogP contribution in [0.15, 0.2) is 36.9 Å². The molecule has 3 atom stereocenters. The molecule has 9 heteroatoms. The second-order valence-corrected chi connectivity index (χ2v) is 5.58. The van der Waals surface area contributed by atoms with Crippen molar-refractivity contribution in [1.29, 1.82) is 0 Å². The van der Waals surface area contributed by atoms with Crippen molar-refractivity contribution in [3.05, 3.63) is 47.5 Å². The quantitative estimate of drug-likeness (QED) is 0.864. The normalized spacial score (nSPS) is 26.2. The molecule has 2 aromatic rings. The lowest BCUT2D eigenvalue weighted by Crippen LogP contribution is -2.44. The lowest BCUT2D eigenvalue weighted by molar-refractivity contribution is -0.151. The Morgan fingerprint density at radius 2 is 2.09 bits per heavy atom. The van der Waals surface area contributed by atoms with E-state index < -0.39 is 30.0 Å². The summed E-state index contributed by atoms with van der Waals surface area (Å²) < 4.78 is 35.5. The fourth-order valence-corrected chi connectivity index (χ4v) is 2.90. The molecule has 23 heavy (non-hydrogen) atoms. The largest absolute Gasteiger partial charge is 0.468 e. The van der Waals surface area contributed by atoms with E-state index in [0.29, 0.717) is 10.6 Å². The van der Waals surface area contributed by atoms with Gasteiger partial charge in [0.05, 0.1) is 13.0 Å². The van der Waals surface area contributed by atoms with E-state index in [4.69, 9.17) is 11.6 Å². The van der Waals surface area contributed by atoms with Crippen molar-refractivity contribution in [2.24, 2.45) is 0 Å². The van der Waals surface area contributed by atoms with Crippen molar-refractivity contribution in [2.75, 3.05) is 7.11 Å². The molecule has 1 aliphatic heterocycles. The van der Waals surface area contributed by atoms with Gasteiger partial charge in [-0.2, -0.15) is 5.10 Å². The van der Waals surface area contributed by atoms with E-state index in [0.717, 1.165) is 7.11 Å². The maximum Gasteiger partial charge on any atom is 0.329 e. The van der Waals surface area contributed by atoms with Crippen LogP contribution < -0.4 is 5.32 Å². The van der Waals surface area contributed by atoms with Crippen LogP contribution in [0.2, 0.25) is 5.02 Å². The molecule has 3 rings (SSSR count). The summed E-state index contributed by atoms with van der Waals surface area (Å²) in [4.78, 5) is 15.5. The number of halogens is 3. The predicted octanol–water partition coefficient (Wildman–Crippen LogP) is 1.99. The molecule has 0 unspecified atom stereocenters. The van der Waals surface area contributed by atoms with Crippen LogP contribution in [0.4, 0.5) is 8.78 Å².